The zero-order valence-corrected chi connectivity index (χ0v) is 28.5. The second-order valence-corrected chi connectivity index (χ2v) is 14.5. The molecule has 1 aliphatic heterocycles. The number of carbonyl (C=O) groups is 1. The van der Waals surface area contributed by atoms with E-state index in [2.05, 4.69) is 77.6 Å². The van der Waals surface area contributed by atoms with Gasteiger partial charge in [0.1, 0.15) is 5.82 Å². The summed E-state index contributed by atoms with van der Waals surface area (Å²) in [5, 5.41) is 17.9. The van der Waals surface area contributed by atoms with Crippen LogP contribution in [0.15, 0.2) is 42.7 Å². The maximum Gasteiger partial charge on any atom is 0.341 e. The molecule has 0 bridgehead atoms. The minimum atomic E-state index is -2.12. The summed E-state index contributed by atoms with van der Waals surface area (Å²) in [6.45, 7) is 7.55. The maximum atomic E-state index is 15.0. The highest BCUT2D eigenvalue weighted by Gasteiger charge is 2.44. The molecule has 9 nitrogen and oxygen atoms in total. The van der Waals surface area contributed by atoms with Crippen molar-refractivity contribution in [2.45, 2.75) is 102 Å². The van der Waals surface area contributed by atoms with E-state index in [1.165, 1.54) is 24.0 Å². The topological polar surface area (TPSA) is 99.4 Å². The number of fused-ring (bicyclic) bond motifs is 1. The van der Waals surface area contributed by atoms with Gasteiger partial charge < -0.3 is 20.2 Å². The Morgan fingerprint density at radius 1 is 1.17 bits per heavy atom. The molecular weight excluding hydrogens is 593 g/mol. The second kappa shape index (κ2) is 14.3. The van der Waals surface area contributed by atoms with Gasteiger partial charge in [0.15, 0.2) is 0 Å². The number of hydrogen-bond donors (Lipinski definition) is 2. The third kappa shape index (κ3) is 7.47. The number of nitrogens with zero attached hydrogens (tertiary/aromatic N) is 6. The summed E-state index contributed by atoms with van der Waals surface area (Å²) in [5.41, 5.74) is 2.67. The summed E-state index contributed by atoms with van der Waals surface area (Å²) in [4.78, 5) is 26.8. The van der Waals surface area contributed by atoms with E-state index in [-0.39, 0.29) is 30.8 Å². The number of aromatic nitrogens is 4. The molecule has 2 N–H and O–H groups in total. The smallest absolute Gasteiger partial charge is 0.341 e. The van der Waals surface area contributed by atoms with E-state index in [0.29, 0.717) is 30.6 Å². The van der Waals surface area contributed by atoms with Crippen molar-refractivity contribution in [1.29, 1.82) is 0 Å². The van der Waals surface area contributed by atoms with Gasteiger partial charge in [0.2, 0.25) is 11.6 Å². The number of halogens is 1. The van der Waals surface area contributed by atoms with Crippen LogP contribution < -0.4 is 10.2 Å². The van der Waals surface area contributed by atoms with Gasteiger partial charge in [-0.25, -0.2) is 14.2 Å². The molecule has 0 unspecified atom stereocenters. The number of alkyl halides is 1. The highest BCUT2D eigenvalue weighted by molar-refractivity contribution is 5.77. The first kappa shape index (κ1) is 33.4. The molecule has 6 rings (SSSR count). The minimum Gasteiger partial charge on any atom is -0.479 e. The zero-order valence-electron chi connectivity index (χ0n) is 28.5. The molecule has 0 amide bonds. The molecule has 0 spiro atoms. The molecule has 10 heteroatoms. The van der Waals surface area contributed by atoms with Crippen LogP contribution in [0.25, 0.3) is 0 Å². The molecule has 3 heterocycles. The molecule has 1 saturated heterocycles. The third-order valence-electron chi connectivity index (χ3n) is 11.1. The van der Waals surface area contributed by atoms with Crippen molar-refractivity contribution in [3.05, 3.63) is 65.1 Å². The molecule has 3 aromatic rings. The Balaban J connectivity index is 1.33. The molecule has 3 aliphatic rings. The van der Waals surface area contributed by atoms with Crippen molar-refractivity contribution in [2.75, 3.05) is 36.9 Å². The Labute approximate surface area is 279 Å². The predicted octanol–water partition coefficient (Wildman–Crippen LogP) is 6.57. The second-order valence-electron chi connectivity index (χ2n) is 14.5. The molecular formula is C37H52FN7O2. The Morgan fingerprint density at radius 2 is 1.94 bits per heavy atom. The number of hydrogen-bond acceptors (Lipinski definition) is 7. The molecule has 2 aromatic heterocycles. The summed E-state index contributed by atoms with van der Waals surface area (Å²) in [6.07, 6.45) is 11.4. The average Bonchev–Trinajstić information content (AvgIpc) is 3.51. The quantitative estimate of drug-likeness (QED) is 0.242. The molecule has 0 radical (unpaired) electrons. The predicted molar refractivity (Wildman–Crippen MR) is 184 cm³/mol. The van der Waals surface area contributed by atoms with Crippen LogP contribution in [-0.4, -0.2) is 74.1 Å². The van der Waals surface area contributed by atoms with Gasteiger partial charge in [0.05, 0.1) is 17.9 Å². The van der Waals surface area contributed by atoms with Gasteiger partial charge in [-0.1, -0.05) is 44.2 Å². The van der Waals surface area contributed by atoms with Crippen molar-refractivity contribution in [3.63, 3.8) is 0 Å². The van der Waals surface area contributed by atoms with Gasteiger partial charge >= 0.3 is 5.97 Å². The van der Waals surface area contributed by atoms with E-state index in [0.717, 1.165) is 62.4 Å². The normalized spacial score (nSPS) is 26.3. The molecule has 4 atom stereocenters. The van der Waals surface area contributed by atoms with Gasteiger partial charge in [-0.3, -0.25) is 4.68 Å². The van der Waals surface area contributed by atoms with Crippen molar-refractivity contribution in [3.8, 4) is 0 Å². The number of aliphatic carboxylic acids is 1. The highest BCUT2D eigenvalue weighted by Crippen LogP contribution is 2.41. The Kier molecular flexibility index (Phi) is 10.2. The number of nitrogens with one attached hydrogen (secondary N) is 1. The van der Waals surface area contributed by atoms with E-state index in [9.17, 15) is 14.3 Å². The fraction of sp³-hybridized carbons (Fsp3) is 0.622. The standard InChI is InChI=1S/C37H52FN7O2/c1-5-33(27-15-17-37(38,18-16-27)35(46)47)44(4)36-41-31-14-13-28(26-11-7-6-8-12-26)20-30(31)34(42-36)40-32(29-21-39-43(3)23-29)24-45-19-9-10-25(2)22-45/h6-8,11-12,21,23,25,27-28,32-33H,5,9-10,13-20,22,24H2,1-4H3,(H,46,47)(H,40,41,42)/t25-,27?,28+,32-,33+,37?/m0/s1. The van der Waals surface area contributed by atoms with Crippen molar-refractivity contribution in [1.82, 2.24) is 24.6 Å². The van der Waals surface area contributed by atoms with Gasteiger partial charge in [0, 0.05) is 50.6 Å². The van der Waals surface area contributed by atoms with Crippen LogP contribution in [0, 0.1) is 11.8 Å². The number of benzene rings is 1. The monoisotopic (exact) mass is 645 g/mol. The lowest BCUT2D eigenvalue weighted by Gasteiger charge is -2.39. The van der Waals surface area contributed by atoms with Crippen LogP contribution >= 0.6 is 0 Å². The zero-order chi connectivity index (χ0) is 33.1. The van der Waals surface area contributed by atoms with E-state index < -0.39 is 11.6 Å². The van der Waals surface area contributed by atoms with Crippen molar-refractivity contribution in [2.24, 2.45) is 18.9 Å². The first-order valence-corrected chi connectivity index (χ1v) is 17.7. The summed E-state index contributed by atoms with van der Waals surface area (Å²) in [6, 6.07) is 10.9. The van der Waals surface area contributed by atoms with Crippen LogP contribution in [0.2, 0.25) is 0 Å². The Morgan fingerprint density at radius 3 is 2.60 bits per heavy atom. The van der Waals surface area contributed by atoms with Crippen LogP contribution in [0.3, 0.4) is 0 Å². The summed E-state index contributed by atoms with van der Waals surface area (Å²) in [5.74, 6) is 1.50. The summed E-state index contributed by atoms with van der Waals surface area (Å²) in [7, 11) is 4.02. The summed E-state index contributed by atoms with van der Waals surface area (Å²) >= 11 is 0. The molecule has 1 aromatic carbocycles. The van der Waals surface area contributed by atoms with Gasteiger partial charge in [-0.05, 0) is 94.1 Å². The molecule has 254 valence electrons. The number of rotatable bonds is 11. The van der Waals surface area contributed by atoms with Gasteiger partial charge in [0.25, 0.3) is 0 Å². The lowest BCUT2D eigenvalue weighted by atomic mass is 9.76. The first-order chi connectivity index (χ1) is 22.6. The molecule has 2 aliphatic carbocycles. The Hall–Kier alpha value is -3.53. The van der Waals surface area contributed by atoms with Crippen molar-refractivity contribution >= 4 is 17.7 Å². The number of carboxylic acid groups (broad SMARTS) is 1. The van der Waals surface area contributed by atoms with Gasteiger partial charge in [-0.2, -0.15) is 10.1 Å². The highest BCUT2D eigenvalue weighted by atomic mass is 19.1. The van der Waals surface area contributed by atoms with Crippen LogP contribution in [0.5, 0.6) is 0 Å². The number of likely N-dealkylation sites (tertiary alicyclic amines) is 1. The number of piperidine rings is 1. The number of aryl methyl sites for hydroxylation is 2. The first-order valence-electron chi connectivity index (χ1n) is 17.7. The lowest BCUT2D eigenvalue weighted by Crippen LogP contribution is -2.45. The molecule has 47 heavy (non-hydrogen) atoms. The average molecular weight is 646 g/mol. The van der Waals surface area contributed by atoms with Crippen LogP contribution in [0.1, 0.15) is 99.6 Å². The number of carboxylic acids is 1. The lowest BCUT2D eigenvalue weighted by molar-refractivity contribution is -0.153. The Bertz CT molecular complexity index is 1510. The van der Waals surface area contributed by atoms with E-state index >= 15 is 0 Å². The van der Waals surface area contributed by atoms with E-state index in [4.69, 9.17) is 9.97 Å². The largest absolute Gasteiger partial charge is 0.479 e. The fourth-order valence-corrected chi connectivity index (χ4v) is 8.38. The van der Waals surface area contributed by atoms with E-state index in [1.54, 1.807) is 0 Å². The fourth-order valence-electron chi connectivity index (χ4n) is 8.38. The van der Waals surface area contributed by atoms with Crippen LogP contribution in [0.4, 0.5) is 16.2 Å². The van der Waals surface area contributed by atoms with Crippen LogP contribution in [-0.2, 0) is 24.7 Å². The number of anilines is 2. The molecule has 1 saturated carbocycles. The minimum absolute atomic E-state index is 0.0114. The SMILES string of the molecule is CC[C@H](C1CCC(F)(C(=O)O)CC1)N(C)c1nc2c(c(N[C@@H](CN3CCC[C@H](C)C3)c3cnn(C)c3)n1)C[C@H](c1ccccc1)CC2. The third-order valence-corrected chi connectivity index (χ3v) is 11.1. The van der Waals surface area contributed by atoms with Crippen molar-refractivity contribution < 1.29 is 14.3 Å². The van der Waals surface area contributed by atoms with E-state index in [1.807, 2.05) is 17.9 Å². The van der Waals surface area contributed by atoms with Gasteiger partial charge in [-0.15, -0.1) is 0 Å². The maximum absolute atomic E-state index is 15.0. The summed E-state index contributed by atoms with van der Waals surface area (Å²) < 4.78 is 16.8. The molecule has 2 fully saturated rings.